The van der Waals surface area contributed by atoms with Gasteiger partial charge >= 0.3 is 0 Å². The van der Waals surface area contributed by atoms with Gasteiger partial charge in [-0.25, -0.2) is 0 Å². The molecule has 1 aromatic rings. The minimum Gasteiger partial charge on any atom is -0.491 e. The van der Waals surface area contributed by atoms with Crippen LogP contribution < -0.4 is 4.74 Å². The predicted molar refractivity (Wildman–Crippen MR) is 71.6 cm³/mol. The van der Waals surface area contributed by atoms with Gasteiger partial charge < -0.3 is 14.6 Å². The van der Waals surface area contributed by atoms with E-state index >= 15 is 0 Å². The van der Waals surface area contributed by atoms with Crippen molar-refractivity contribution in [1.82, 2.24) is 0 Å². The smallest absolute Gasteiger partial charge is 0.120 e. The van der Waals surface area contributed by atoms with Crippen molar-refractivity contribution in [3.8, 4) is 17.6 Å². The highest BCUT2D eigenvalue weighted by molar-refractivity contribution is 5.39. The Hall–Kier alpha value is -1.50. The molecule has 0 aliphatic rings. The molecule has 0 amide bonds. The van der Waals surface area contributed by atoms with Crippen LogP contribution in [0.15, 0.2) is 24.3 Å². The second-order valence-corrected chi connectivity index (χ2v) is 4.80. The summed E-state index contributed by atoms with van der Waals surface area (Å²) in [6.07, 6.45) is 0. The molecule has 0 aliphatic heterocycles. The van der Waals surface area contributed by atoms with E-state index in [4.69, 9.17) is 14.6 Å². The van der Waals surface area contributed by atoms with Gasteiger partial charge in [-0.2, -0.15) is 0 Å². The van der Waals surface area contributed by atoms with Crippen molar-refractivity contribution in [2.75, 3.05) is 19.8 Å². The molecule has 18 heavy (non-hydrogen) atoms. The summed E-state index contributed by atoms with van der Waals surface area (Å²) in [6, 6.07) is 7.48. The van der Waals surface area contributed by atoms with Gasteiger partial charge in [-0.3, -0.25) is 0 Å². The van der Waals surface area contributed by atoms with Crippen LogP contribution in [0.4, 0.5) is 0 Å². The molecular weight excluding hydrogens is 228 g/mol. The first-order valence-corrected chi connectivity index (χ1v) is 5.98. The fraction of sp³-hybridized carbons (Fsp3) is 0.467. The van der Waals surface area contributed by atoms with Crippen LogP contribution in [0.25, 0.3) is 0 Å². The lowest BCUT2D eigenvalue weighted by Gasteiger charge is -2.19. The lowest BCUT2D eigenvalue weighted by molar-refractivity contribution is -0.0163. The predicted octanol–water partition coefficient (Wildman–Crippen LogP) is 2.22. The molecule has 1 aromatic carbocycles. The molecule has 0 saturated heterocycles. The summed E-state index contributed by atoms with van der Waals surface area (Å²) in [5.41, 5.74) is 0.691. The van der Waals surface area contributed by atoms with Gasteiger partial charge in [0.2, 0.25) is 0 Å². The SMILES string of the molecule is CC(C)(C)OCCOc1cccc(C#CCO)c1. The lowest BCUT2D eigenvalue weighted by Crippen LogP contribution is -2.22. The first-order chi connectivity index (χ1) is 8.51. The molecule has 0 radical (unpaired) electrons. The van der Waals surface area contributed by atoms with Gasteiger partial charge in [-0.15, -0.1) is 0 Å². The number of ether oxygens (including phenoxy) is 2. The maximum absolute atomic E-state index is 8.63. The fourth-order valence-corrected chi connectivity index (χ4v) is 1.31. The van der Waals surface area contributed by atoms with E-state index in [1.807, 2.05) is 45.0 Å². The van der Waals surface area contributed by atoms with Crippen LogP contribution in [0, 0.1) is 11.8 Å². The topological polar surface area (TPSA) is 38.7 Å². The van der Waals surface area contributed by atoms with Crippen LogP contribution in [0.1, 0.15) is 26.3 Å². The standard InChI is InChI=1S/C15H20O3/c1-15(2,3)18-11-10-17-14-8-4-6-13(12-14)7-5-9-16/h4,6,8,12,16H,9-11H2,1-3H3. The number of aliphatic hydroxyl groups excluding tert-OH is 1. The zero-order valence-corrected chi connectivity index (χ0v) is 11.2. The number of benzene rings is 1. The third-order valence-corrected chi connectivity index (χ3v) is 2.03. The van der Waals surface area contributed by atoms with Crippen molar-refractivity contribution in [1.29, 1.82) is 0 Å². The number of aliphatic hydroxyl groups is 1. The van der Waals surface area contributed by atoms with Crippen LogP contribution >= 0.6 is 0 Å². The van der Waals surface area contributed by atoms with Gasteiger partial charge in [-0.1, -0.05) is 17.9 Å². The van der Waals surface area contributed by atoms with E-state index < -0.39 is 0 Å². The second kappa shape index (κ2) is 7.05. The molecule has 1 N–H and O–H groups in total. The van der Waals surface area contributed by atoms with Crippen molar-refractivity contribution in [2.24, 2.45) is 0 Å². The van der Waals surface area contributed by atoms with Crippen molar-refractivity contribution in [3.05, 3.63) is 29.8 Å². The van der Waals surface area contributed by atoms with Crippen molar-refractivity contribution < 1.29 is 14.6 Å². The first-order valence-electron chi connectivity index (χ1n) is 5.98. The highest BCUT2D eigenvalue weighted by Gasteiger charge is 2.09. The molecule has 0 fully saturated rings. The van der Waals surface area contributed by atoms with E-state index in [2.05, 4.69) is 11.8 Å². The second-order valence-electron chi connectivity index (χ2n) is 4.80. The minimum atomic E-state index is -0.141. The van der Waals surface area contributed by atoms with Gasteiger partial charge in [0.1, 0.15) is 19.0 Å². The van der Waals surface area contributed by atoms with E-state index in [9.17, 15) is 0 Å². The Labute approximate surface area is 109 Å². The molecule has 0 heterocycles. The average Bonchev–Trinajstić information content (AvgIpc) is 2.31. The van der Waals surface area contributed by atoms with E-state index in [0.29, 0.717) is 13.2 Å². The molecule has 3 nitrogen and oxygen atoms in total. The number of hydrogen-bond acceptors (Lipinski definition) is 3. The first kappa shape index (κ1) is 14.6. The molecule has 0 aliphatic carbocycles. The Morgan fingerprint density at radius 1 is 1.22 bits per heavy atom. The van der Waals surface area contributed by atoms with Crippen molar-refractivity contribution >= 4 is 0 Å². The maximum atomic E-state index is 8.63. The van der Waals surface area contributed by atoms with Gasteiger partial charge in [0.05, 0.1) is 12.2 Å². The quantitative estimate of drug-likeness (QED) is 0.656. The van der Waals surface area contributed by atoms with E-state index in [1.165, 1.54) is 0 Å². The maximum Gasteiger partial charge on any atom is 0.120 e. The molecule has 98 valence electrons. The lowest BCUT2D eigenvalue weighted by atomic mass is 10.2. The van der Waals surface area contributed by atoms with E-state index in [0.717, 1.165) is 11.3 Å². The summed E-state index contributed by atoms with van der Waals surface area (Å²) in [7, 11) is 0. The van der Waals surface area contributed by atoms with Gasteiger partial charge in [0.15, 0.2) is 0 Å². The molecule has 0 spiro atoms. The zero-order chi connectivity index (χ0) is 13.4. The summed E-state index contributed by atoms with van der Waals surface area (Å²) < 4.78 is 11.1. The minimum absolute atomic E-state index is 0.134. The van der Waals surface area contributed by atoms with Gasteiger partial charge in [0.25, 0.3) is 0 Å². The Bertz CT molecular complexity index is 421. The summed E-state index contributed by atoms with van der Waals surface area (Å²) in [5.74, 6) is 6.20. The molecule has 0 aromatic heterocycles. The van der Waals surface area contributed by atoms with Gasteiger partial charge in [-0.05, 0) is 39.0 Å². The molecular formula is C15H20O3. The number of rotatable bonds is 4. The zero-order valence-electron chi connectivity index (χ0n) is 11.2. The van der Waals surface area contributed by atoms with Gasteiger partial charge in [0, 0.05) is 5.56 Å². The molecule has 3 heteroatoms. The summed E-state index contributed by atoms with van der Waals surface area (Å²) in [4.78, 5) is 0. The average molecular weight is 248 g/mol. The molecule has 0 atom stereocenters. The molecule has 0 unspecified atom stereocenters. The molecule has 0 saturated carbocycles. The summed E-state index contributed by atoms with van der Waals surface area (Å²) in [6.45, 7) is 6.96. The Balaban J connectivity index is 2.43. The highest BCUT2D eigenvalue weighted by Crippen LogP contribution is 2.13. The third-order valence-electron chi connectivity index (χ3n) is 2.03. The van der Waals surface area contributed by atoms with Crippen molar-refractivity contribution in [2.45, 2.75) is 26.4 Å². The van der Waals surface area contributed by atoms with Crippen molar-refractivity contribution in [3.63, 3.8) is 0 Å². The Morgan fingerprint density at radius 3 is 2.67 bits per heavy atom. The van der Waals surface area contributed by atoms with Crippen LogP contribution in [-0.4, -0.2) is 30.5 Å². The largest absolute Gasteiger partial charge is 0.491 e. The highest BCUT2D eigenvalue weighted by atomic mass is 16.5. The normalized spacial score (nSPS) is 10.7. The van der Waals surface area contributed by atoms with Crippen LogP contribution in [0.5, 0.6) is 5.75 Å². The summed E-state index contributed by atoms with van der Waals surface area (Å²) in [5, 5.41) is 8.63. The van der Waals surface area contributed by atoms with Crippen LogP contribution in [-0.2, 0) is 4.74 Å². The van der Waals surface area contributed by atoms with Crippen LogP contribution in [0.2, 0.25) is 0 Å². The number of hydrogen-bond donors (Lipinski definition) is 1. The monoisotopic (exact) mass is 248 g/mol. The molecule has 1 rings (SSSR count). The van der Waals surface area contributed by atoms with Crippen LogP contribution in [0.3, 0.4) is 0 Å². The Kier molecular flexibility index (Phi) is 5.70. The third kappa shape index (κ3) is 6.29. The van der Waals surface area contributed by atoms with E-state index in [1.54, 1.807) is 0 Å². The fourth-order valence-electron chi connectivity index (χ4n) is 1.31. The molecule has 0 bridgehead atoms. The Morgan fingerprint density at radius 2 is 2.00 bits per heavy atom. The summed E-state index contributed by atoms with van der Waals surface area (Å²) >= 11 is 0. The van der Waals surface area contributed by atoms with E-state index in [-0.39, 0.29) is 12.2 Å².